The summed E-state index contributed by atoms with van der Waals surface area (Å²) < 4.78 is 0. The zero-order valence-corrected chi connectivity index (χ0v) is 10.9. The van der Waals surface area contributed by atoms with Crippen molar-refractivity contribution in [2.45, 2.75) is 19.4 Å². The average molecular weight is 267 g/mol. The van der Waals surface area contributed by atoms with Gasteiger partial charge in [0.2, 0.25) is 11.8 Å². The van der Waals surface area contributed by atoms with Gasteiger partial charge in [-0.1, -0.05) is 0 Å². The van der Waals surface area contributed by atoms with Crippen molar-refractivity contribution in [3.8, 4) is 0 Å². The molecule has 2 rings (SSSR count). The fourth-order valence-electron chi connectivity index (χ4n) is 2.20. The predicted octanol–water partition coefficient (Wildman–Crippen LogP) is 0.0948. The number of nitrogens with zero attached hydrogens (tertiary/aromatic N) is 4. The van der Waals surface area contributed by atoms with Gasteiger partial charge in [-0.3, -0.25) is 15.5 Å². The van der Waals surface area contributed by atoms with Crippen molar-refractivity contribution in [1.82, 2.24) is 14.9 Å². The largest absolute Gasteiger partial charge is 0.360 e. The quantitative estimate of drug-likeness (QED) is 0.398. The Morgan fingerprint density at radius 1 is 1.53 bits per heavy atom. The van der Waals surface area contributed by atoms with E-state index in [9.17, 15) is 10.1 Å². The van der Waals surface area contributed by atoms with Crippen LogP contribution >= 0.6 is 0 Å². The summed E-state index contributed by atoms with van der Waals surface area (Å²) in [6.45, 7) is 3.34. The standard InChI is InChI=1S/C10H17N7O2/c1-6-8(17(18)19)9(14-10(12-6)15-11)13-7-3-4-16(2)5-7/h7H,3-5,11H2,1-2H3,(H2,12,13,14,15). The van der Waals surface area contributed by atoms with E-state index < -0.39 is 4.92 Å². The van der Waals surface area contributed by atoms with E-state index in [1.54, 1.807) is 6.92 Å². The molecular weight excluding hydrogens is 250 g/mol. The monoisotopic (exact) mass is 267 g/mol. The number of nitro groups is 1. The third-order valence-corrected chi connectivity index (χ3v) is 3.10. The highest BCUT2D eigenvalue weighted by Crippen LogP contribution is 2.27. The molecule has 9 heteroatoms. The first kappa shape index (κ1) is 13.4. The molecular formula is C10H17N7O2. The summed E-state index contributed by atoms with van der Waals surface area (Å²) in [4.78, 5) is 20.7. The average Bonchev–Trinajstić information content (AvgIpc) is 2.73. The molecule has 1 aromatic heterocycles. The van der Waals surface area contributed by atoms with E-state index in [1.807, 2.05) is 7.05 Å². The number of likely N-dealkylation sites (N-methyl/N-ethyl adjacent to an activating group) is 1. The minimum Gasteiger partial charge on any atom is -0.360 e. The smallest absolute Gasteiger partial charge is 0.332 e. The molecule has 0 spiro atoms. The van der Waals surface area contributed by atoms with E-state index >= 15 is 0 Å². The number of likely N-dealkylation sites (tertiary alicyclic amines) is 1. The number of anilines is 2. The van der Waals surface area contributed by atoms with E-state index in [1.165, 1.54) is 0 Å². The summed E-state index contributed by atoms with van der Waals surface area (Å²) in [5, 5.41) is 14.2. The van der Waals surface area contributed by atoms with Crippen LogP contribution in [0.5, 0.6) is 0 Å². The number of nitrogens with one attached hydrogen (secondary N) is 2. The number of nitrogens with two attached hydrogens (primary N) is 1. The second-order valence-electron chi connectivity index (χ2n) is 4.62. The molecule has 19 heavy (non-hydrogen) atoms. The summed E-state index contributed by atoms with van der Waals surface area (Å²) in [7, 11) is 2.01. The summed E-state index contributed by atoms with van der Waals surface area (Å²) in [6, 6.07) is 0.142. The maximum Gasteiger partial charge on any atom is 0.332 e. The number of aryl methyl sites for hydroxylation is 1. The topological polar surface area (TPSA) is 122 Å². The van der Waals surface area contributed by atoms with Gasteiger partial charge in [0.15, 0.2) is 0 Å². The second kappa shape index (κ2) is 5.33. The molecule has 1 saturated heterocycles. The molecule has 1 atom stereocenters. The minimum absolute atomic E-state index is 0.103. The van der Waals surface area contributed by atoms with Crippen LogP contribution in [0.25, 0.3) is 0 Å². The minimum atomic E-state index is -0.476. The summed E-state index contributed by atoms with van der Waals surface area (Å²) in [5.41, 5.74) is 2.49. The number of hydrogen-bond acceptors (Lipinski definition) is 8. The van der Waals surface area contributed by atoms with Gasteiger partial charge in [-0.2, -0.15) is 4.98 Å². The van der Waals surface area contributed by atoms with Crippen molar-refractivity contribution in [2.24, 2.45) is 5.84 Å². The van der Waals surface area contributed by atoms with Gasteiger partial charge in [-0.15, -0.1) is 0 Å². The normalized spacial score (nSPS) is 19.4. The molecule has 104 valence electrons. The lowest BCUT2D eigenvalue weighted by molar-refractivity contribution is -0.385. The van der Waals surface area contributed by atoms with Crippen LogP contribution in [-0.2, 0) is 0 Å². The molecule has 1 aliphatic heterocycles. The van der Waals surface area contributed by atoms with Gasteiger partial charge in [0.05, 0.1) is 4.92 Å². The van der Waals surface area contributed by atoms with Crippen molar-refractivity contribution < 1.29 is 4.92 Å². The highest BCUT2D eigenvalue weighted by Gasteiger charge is 2.26. The maximum absolute atomic E-state index is 11.1. The van der Waals surface area contributed by atoms with Crippen molar-refractivity contribution in [3.05, 3.63) is 15.8 Å². The van der Waals surface area contributed by atoms with Gasteiger partial charge in [-0.05, 0) is 26.9 Å². The molecule has 1 unspecified atom stereocenters. The molecule has 4 N–H and O–H groups in total. The first-order valence-electron chi connectivity index (χ1n) is 5.96. The van der Waals surface area contributed by atoms with Gasteiger partial charge in [0.25, 0.3) is 0 Å². The van der Waals surface area contributed by atoms with Crippen LogP contribution < -0.4 is 16.6 Å². The van der Waals surface area contributed by atoms with Gasteiger partial charge in [0, 0.05) is 12.6 Å². The summed E-state index contributed by atoms with van der Waals surface area (Å²) >= 11 is 0. The van der Waals surface area contributed by atoms with Crippen LogP contribution in [0.2, 0.25) is 0 Å². The zero-order valence-electron chi connectivity index (χ0n) is 10.9. The van der Waals surface area contributed by atoms with Crippen LogP contribution in [0.4, 0.5) is 17.5 Å². The molecule has 0 aromatic carbocycles. The molecule has 0 radical (unpaired) electrons. The van der Waals surface area contributed by atoms with Gasteiger partial charge >= 0.3 is 5.69 Å². The van der Waals surface area contributed by atoms with E-state index in [0.717, 1.165) is 19.5 Å². The lowest BCUT2D eigenvalue weighted by atomic mass is 10.2. The van der Waals surface area contributed by atoms with Crippen molar-refractivity contribution in [3.63, 3.8) is 0 Å². The Labute approximate surface area is 110 Å². The Morgan fingerprint density at radius 2 is 2.26 bits per heavy atom. The third-order valence-electron chi connectivity index (χ3n) is 3.10. The molecule has 1 aliphatic rings. The van der Waals surface area contributed by atoms with Gasteiger partial charge < -0.3 is 10.2 Å². The first-order valence-corrected chi connectivity index (χ1v) is 5.96. The van der Waals surface area contributed by atoms with E-state index in [-0.39, 0.29) is 29.2 Å². The van der Waals surface area contributed by atoms with E-state index in [4.69, 9.17) is 5.84 Å². The van der Waals surface area contributed by atoms with Gasteiger partial charge in [0.1, 0.15) is 5.69 Å². The third kappa shape index (κ3) is 2.88. The zero-order chi connectivity index (χ0) is 14.0. The molecule has 0 saturated carbocycles. The Balaban J connectivity index is 2.31. The first-order chi connectivity index (χ1) is 9.01. The van der Waals surface area contributed by atoms with Gasteiger partial charge in [-0.25, -0.2) is 10.8 Å². The van der Waals surface area contributed by atoms with E-state index in [0.29, 0.717) is 0 Å². The number of aromatic nitrogens is 2. The lowest BCUT2D eigenvalue weighted by Crippen LogP contribution is -2.25. The number of hydrogen-bond donors (Lipinski definition) is 3. The molecule has 0 bridgehead atoms. The second-order valence-corrected chi connectivity index (χ2v) is 4.62. The number of nitrogen functional groups attached to an aromatic ring is 1. The molecule has 0 amide bonds. The SMILES string of the molecule is Cc1nc(NN)nc(NC2CCN(C)C2)c1[N+](=O)[O-]. The molecule has 1 fully saturated rings. The van der Waals surface area contributed by atoms with Crippen molar-refractivity contribution in [2.75, 3.05) is 30.9 Å². The Hall–Kier alpha value is -2.00. The number of hydrazine groups is 1. The van der Waals surface area contributed by atoms with Crippen molar-refractivity contribution in [1.29, 1.82) is 0 Å². The predicted molar refractivity (Wildman–Crippen MR) is 70.8 cm³/mol. The van der Waals surface area contributed by atoms with Crippen LogP contribution in [-0.4, -0.2) is 46.0 Å². The van der Waals surface area contributed by atoms with Crippen molar-refractivity contribution >= 4 is 17.5 Å². The van der Waals surface area contributed by atoms with Crippen LogP contribution in [0.15, 0.2) is 0 Å². The number of rotatable bonds is 4. The highest BCUT2D eigenvalue weighted by atomic mass is 16.6. The lowest BCUT2D eigenvalue weighted by Gasteiger charge is -2.14. The van der Waals surface area contributed by atoms with Crippen LogP contribution in [0, 0.1) is 17.0 Å². The Morgan fingerprint density at radius 3 is 2.79 bits per heavy atom. The Bertz CT molecular complexity index is 493. The Kier molecular flexibility index (Phi) is 3.76. The van der Waals surface area contributed by atoms with Crippen LogP contribution in [0.3, 0.4) is 0 Å². The molecule has 1 aromatic rings. The highest BCUT2D eigenvalue weighted by molar-refractivity contribution is 5.61. The molecule has 0 aliphatic carbocycles. The maximum atomic E-state index is 11.1. The summed E-state index contributed by atoms with van der Waals surface area (Å²) in [6.07, 6.45) is 0.919. The molecule has 9 nitrogen and oxygen atoms in total. The summed E-state index contributed by atoms with van der Waals surface area (Å²) in [5.74, 6) is 5.64. The van der Waals surface area contributed by atoms with Crippen LogP contribution in [0.1, 0.15) is 12.1 Å². The molecule has 2 heterocycles. The van der Waals surface area contributed by atoms with E-state index in [2.05, 4.69) is 25.6 Å². The fraction of sp³-hybridized carbons (Fsp3) is 0.600. The fourth-order valence-corrected chi connectivity index (χ4v) is 2.20.